The van der Waals surface area contributed by atoms with E-state index in [2.05, 4.69) is 11.9 Å². The van der Waals surface area contributed by atoms with Crippen LogP contribution in [0, 0.1) is 0 Å². The van der Waals surface area contributed by atoms with Gasteiger partial charge in [0.25, 0.3) is 0 Å². The molecule has 0 aromatic heterocycles. The van der Waals surface area contributed by atoms with Crippen molar-refractivity contribution in [2.24, 2.45) is 0 Å². The van der Waals surface area contributed by atoms with Gasteiger partial charge in [0, 0.05) is 19.5 Å². The van der Waals surface area contributed by atoms with E-state index in [1.807, 2.05) is 6.92 Å². The largest absolute Gasteiger partial charge is 0.462 e. The van der Waals surface area contributed by atoms with E-state index in [-0.39, 0.29) is 24.5 Å². The molecule has 0 amide bonds. The Labute approximate surface area is 85.8 Å². The summed E-state index contributed by atoms with van der Waals surface area (Å²) in [6.07, 6.45) is 2.64. The van der Waals surface area contributed by atoms with E-state index >= 15 is 0 Å². The van der Waals surface area contributed by atoms with Crippen molar-refractivity contribution in [3.63, 3.8) is 0 Å². The van der Waals surface area contributed by atoms with Gasteiger partial charge in [0.2, 0.25) is 0 Å². The van der Waals surface area contributed by atoms with Crippen LogP contribution in [0.2, 0.25) is 0 Å². The van der Waals surface area contributed by atoms with Crippen molar-refractivity contribution >= 4 is 18.4 Å². The molecule has 1 rings (SSSR count). The Balaban J connectivity index is 0.00000144. The molecule has 13 heavy (non-hydrogen) atoms. The number of esters is 1. The van der Waals surface area contributed by atoms with Gasteiger partial charge in [-0.2, -0.15) is 0 Å². The van der Waals surface area contributed by atoms with Crippen molar-refractivity contribution in [1.82, 2.24) is 4.90 Å². The van der Waals surface area contributed by atoms with E-state index in [0.29, 0.717) is 6.42 Å². The standard InChI is InChI=1S/C9H17NO2.ClH/c1-3-9(11)12-8-4-6-10(2)7-5-8;/h8H,3-7H2,1-2H3;1H. The summed E-state index contributed by atoms with van der Waals surface area (Å²) in [4.78, 5) is 13.2. The predicted molar refractivity (Wildman–Crippen MR) is 54.2 cm³/mol. The fourth-order valence-electron chi connectivity index (χ4n) is 1.37. The topological polar surface area (TPSA) is 29.5 Å². The maximum absolute atomic E-state index is 10.9. The summed E-state index contributed by atoms with van der Waals surface area (Å²) in [7, 11) is 2.10. The van der Waals surface area contributed by atoms with Crippen LogP contribution >= 0.6 is 12.4 Å². The fraction of sp³-hybridized carbons (Fsp3) is 0.889. The van der Waals surface area contributed by atoms with E-state index in [9.17, 15) is 4.79 Å². The van der Waals surface area contributed by atoms with Crippen LogP contribution in [0.15, 0.2) is 0 Å². The van der Waals surface area contributed by atoms with Gasteiger partial charge in [-0.3, -0.25) is 4.79 Å². The minimum Gasteiger partial charge on any atom is -0.462 e. The zero-order valence-electron chi connectivity index (χ0n) is 8.28. The number of halogens is 1. The van der Waals surface area contributed by atoms with Crippen LogP contribution < -0.4 is 0 Å². The molecule has 0 N–H and O–H groups in total. The molecule has 1 fully saturated rings. The average molecular weight is 208 g/mol. The molecule has 0 aromatic rings. The molecule has 0 bridgehead atoms. The third-order valence-electron chi connectivity index (χ3n) is 2.25. The quantitative estimate of drug-likeness (QED) is 0.643. The van der Waals surface area contributed by atoms with Crippen LogP contribution in [0.1, 0.15) is 26.2 Å². The van der Waals surface area contributed by atoms with E-state index in [0.717, 1.165) is 25.9 Å². The summed E-state index contributed by atoms with van der Waals surface area (Å²) in [5, 5.41) is 0. The average Bonchev–Trinajstić information content (AvgIpc) is 2.09. The summed E-state index contributed by atoms with van der Waals surface area (Å²) < 4.78 is 5.22. The number of carbonyl (C=O) groups excluding carboxylic acids is 1. The smallest absolute Gasteiger partial charge is 0.305 e. The lowest BCUT2D eigenvalue weighted by molar-refractivity contribution is -0.150. The molecular formula is C9H18ClNO2. The summed E-state index contributed by atoms with van der Waals surface area (Å²) in [6.45, 7) is 3.92. The van der Waals surface area contributed by atoms with Gasteiger partial charge in [-0.05, 0) is 19.9 Å². The number of rotatable bonds is 2. The third kappa shape index (κ3) is 4.48. The van der Waals surface area contributed by atoms with Crippen LogP contribution in [0.25, 0.3) is 0 Å². The molecule has 0 radical (unpaired) electrons. The Morgan fingerprint density at radius 3 is 2.46 bits per heavy atom. The molecule has 78 valence electrons. The van der Waals surface area contributed by atoms with Gasteiger partial charge in [0.05, 0.1) is 0 Å². The molecule has 1 saturated heterocycles. The lowest BCUT2D eigenvalue weighted by Gasteiger charge is -2.28. The van der Waals surface area contributed by atoms with Crippen molar-refractivity contribution in [2.75, 3.05) is 20.1 Å². The van der Waals surface area contributed by atoms with E-state index in [4.69, 9.17) is 4.74 Å². The van der Waals surface area contributed by atoms with Gasteiger partial charge in [-0.15, -0.1) is 12.4 Å². The molecule has 0 aliphatic carbocycles. The molecule has 3 nitrogen and oxygen atoms in total. The van der Waals surface area contributed by atoms with Crippen LogP contribution in [-0.2, 0) is 9.53 Å². The zero-order chi connectivity index (χ0) is 8.97. The molecule has 0 unspecified atom stereocenters. The molecule has 1 aliphatic rings. The predicted octanol–water partition coefficient (Wildman–Crippen LogP) is 1.46. The maximum atomic E-state index is 10.9. The first kappa shape index (κ1) is 12.7. The van der Waals surface area contributed by atoms with Gasteiger partial charge in [-0.25, -0.2) is 0 Å². The lowest BCUT2D eigenvalue weighted by Crippen LogP contribution is -2.35. The number of hydrogen-bond donors (Lipinski definition) is 0. The normalized spacial score (nSPS) is 19.2. The first-order valence-corrected chi connectivity index (χ1v) is 4.60. The molecule has 1 aliphatic heterocycles. The molecule has 0 aromatic carbocycles. The molecular weight excluding hydrogens is 190 g/mol. The number of likely N-dealkylation sites (tertiary alicyclic amines) is 1. The second-order valence-corrected chi connectivity index (χ2v) is 3.35. The Bertz CT molecular complexity index is 156. The SMILES string of the molecule is CCC(=O)OC1CCN(C)CC1.Cl. The first-order chi connectivity index (χ1) is 5.72. The third-order valence-corrected chi connectivity index (χ3v) is 2.25. The van der Waals surface area contributed by atoms with E-state index in [1.54, 1.807) is 0 Å². The highest BCUT2D eigenvalue weighted by atomic mass is 35.5. The molecule has 0 spiro atoms. The highest BCUT2D eigenvalue weighted by molar-refractivity contribution is 5.85. The first-order valence-electron chi connectivity index (χ1n) is 4.60. The Morgan fingerprint density at radius 1 is 1.46 bits per heavy atom. The van der Waals surface area contributed by atoms with Crippen molar-refractivity contribution in [3.8, 4) is 0 Å². The summed E-state index contributed by atoms with van der Waals surface area (Å²) in [6, 6.07) is 0. The fourth-order valence-corrected chi connectivity index (χ4v) is 1.37. The van der Waals surface area contributed by atoms with Gasteiger partial charge < -0.3 is 9.64 Å². The second-order valence-electron chi connectivity index (χ2n) is 3.35. The number of ether oxygens (including phenoxy) is 1. The van der Waals surface area contributed by atoms with Crippen molar-refractivity contribution in [2.45, 2.75) is 32.3 Å². The number of piperidine rings is 1. The van der Waals surface area contributed by atoms with E-state index in [1.165, 1.54) is 0 Å². The van der Waals surface area contributed by atoms with Gasteiger partial charge in [-0.1, -0.05) is 6.92 Å². The van der Waals surface area contributed by atoms with Crippen LogP contribution in [0.5, 0.6) is 0 Å². The minimum absolute atomic E-state index is 0. The Kier molecular flexibility index (Phi) is 6.08. The number of carbonyl (C=O) groups is 1. The van der Waals surface area contributed by atoms with Crippen LogP contribution in [0.4, 0.5) is 0 Å². The van der Waals surface area contributed by atoms with Gasteiger partial charge in [0.1, 0.15) is 6.10 Å². The number of hydrogen-bond acceptors (Lipinski definition) is 3. The molecule has 0 atom stereocenters. The Hall–Kier alpha value is -0.280. The van der Waals surface area contributed by atoms with Crippen molar-refractivity contribution in [1.29, 1.82) is 0 Å². The second kappa shape index (κ2) is 6.22. The van der Waals surface area contributed by atoms with Crippen molar-refractivity contribution in [3.05, 3.63) is 0 Å². The van der Waals surface area contributed by atoms with Crippen LogP contribution in [-0.4, -0.2) is 37.1 Å². The van der Waals surface area contributed by atoms with E-state index < -0.39 is 0 Å². The maximum Gasteiger partial charge on any atom is 0.305 e. The molecule has 0 saturated carbocycles. The molecule has 1 heterocycles. The Morgan fingerprint density at radius 2 is 2.00 bits per heavy atom. The van der Waals surface area contributed by atoms with Crippen molar-refractivity contribution < 1.29 is 9.53 Å². The summed E-state index contributed by atoms with van der Waals surface area (Å²) in [5.74, 6) is -0.0652. The monoisotopic (exact) mass is 207 g/mol. The minimum atomic E-state index is -0.0652. The zero-order valence-corrected chi connectivity index (χ0v) is 9.10. The van der Waals surface area contributed by atoms with Gasteiger partial charge >= 0.3 is 5.97 Å². The summed E-state index contributed by atoms with van der Waals surface area (Å²) >= 11 is 0. The lowest BCUT2D eigenvalue weighted by atomic mass is 10.1. The highest BCUT2D eigenvalue weighted by Gasteiger charge is 2.19. The molecule has 4 heteroatoms. The highest BCUT2D eigenvalue weighted by Crippen LogP contribution is 2.12. The summed E-state index contributed by atoms with van der Waals surface area (Å²) in [5.41, 5.74) is 0. The number of nitrogens with zero attached hydrogens (tertiary/aromatic N) is 1. The van der Waals surface area contributed by atoms with Crippen LogP contribution in [0.3, 0.4) is 0 Å². The van der Waals surface area contributed by atoms with Gasteiger partial charge in [0.15, 0.2) is 0 Å².